The topological polar surface area (TPSA) is 76.1 Å². The first-order valence-electron chi connectivity index (χ1n) is 7.05. The number of methoxy groups -OCH3 is 1. The van der Waals surface area contributed by atoms with Crippen molar-refractivity contribution in [3.05, 3.63) is 47.3 Å². The molecule has 0 atom stereocenters. The molecule has 0 bridgehead atoms. The van der Waals surface area contributed by atoms with Crippen LogP contribution in [0.3, 0.4) is 0 Å². The molecule has 0 saturated heterocycles. The number of carbonyl (C=O) groups excluding carboxylic acids is 1. The standard InChI is InChI=1S/C16H20N4O2/c1-11-10-12(2)19-16(18-11)20-14-6-4-13(5-7-14)15(21)17-8-9-22-3/h4-7,10H,8-9H2,1-3H3,(H,17,21)(H,18,19,20). The summed E-state index contributed by atoms with van der Waals surface area (Å²) in [6, 6.07) is 9.08. The summed E-state index contributed by atoms with van der Waals surface area (Å²) in [5.74, 6) is 0.432. The lowest BCUT2D eigenvalue weighted by atomic mass is 10.2. The summed E-state index contributed by atoms with van der Waals surface area (Å²) in [5.41, 5.74) is 3.25. The molecule has 0 saturated carbocycles. The van der Waals surface area contributed by atoms with Crippen molar-refractivity contribution in [2.24, 2.45) is 0 Å². The van der Waals surface area contributed by atoms with Crippen LogP contribution in [0.1, 0.15) is 21.7 Å². The fraction of sp³-hybridized carbons (Fsp3) is 0.312. The molecule has 1 amide bonds. The minimum atomic E-state index is -0.119. The number of nitrogens with zero attached hydrogens (tertiary/aromatic N) is 2. The van der Waals surface area contributed by atoms with Gasteiger partial charge in [0.05, 0.1) is 6.61 Å². The highest BCUT2D eigenvalue weighted by molar-refractivity contribution is 5.94. The first-order chi connectivity index (χ1) is 10.6. The second kappa shape index (κ2) is 7.51. The third kappa shape index (κ3) is 4.53. The monoisotopic (exact) mass is 300 g/mol. The lowest BCUT2D eigenvalue weighted by Gasteiger charge is -2.08. The molecule has 0 aliphatic rings. The first-order valence-corrected chi connectivity index (χ1v) is 7.05. The highest BCUT2D eigenvalue weighted by Gasteiger charge is 2.05. The number of amides is 1. The van der Waals surface area contributed by atoms with Crippen LogP contribution < -0.4 is 10.6 Å². The summed E-state index contributed by atoms with van der Waals surface area (Å²) >= 11 is 0. The smallest absolute Gasteiger partial charge is 0.251 e. The van der Waals surface area contributed by atoms with E-state index in [0.29, 0.717) is 24.7 Å². The van der Waals surface area contributed by atoms with E-state index < -0.39 is 0 Å². The van der Waals surface area contributed by atoms with Gasteiger partial charge in [-0.1, -0.05) is 0 Å². The van der Waals surface area contributed by atoms with Crippen molar-refractivity contribution in [3.63, 3.8) is 0 Å². The number of hydrogen-bond acceptors (Lipinski definition) is 5. The number of ether oxygens (including phenoxy) is 1. The van der Waals surface area contributed by atoms with E-state index in [1.165, 1.54) is 0 Å². The number of benzene rings is 1. The number of nitrogens with one attached hydrogen (secondary N) is 2. The third-order valence-electron chi connectivity index (χ3n) is 2.98. The van der Waals surface area contributed by atoms with E-state index in [2.05, 4.69) is 20.6 Å². The maximum atomic E-state index is 11.9. The fourth-order valence-corrected chi connectivity index (χ4v) is 1.98. The van der Waals surface area contributed by atoms with Gasteiger partial charge in [-0.2, -0.15) is 0 Å². The third-order valence-corrected chi connectivity index (χ3v) is 2.98. The van der Waals surface area contributed by atoms with Crippen LogP contribution in [-0.4, -0.2) is 36.1 Å². The second-order valence-corrected chi connectivity index (χ2v) is 4.93. The van der Waals surface area contributed by atoms with Gasteiger partial charge in [0.25, 0.3) is 5.91 Å². The van der Waals surface area contributed by atoms with Crippen LogP contribution in [0.25, 0.3) is 0 Å². The van der Waals surface area contributed by atoms with Crippen molar-refractivity contribution < 1.29 is 9.53 Å². The molecule has 2 aromatic rings. The Morgan fingerprint density at radius 3 is 2.36 bits per heavy atom. The van der Waals surface area contributed by atoms with E-state index in [-0.39, 0.29) is 5.91 Å². The maximum absolute atomic E-state index is 11.9. The maximum Gasteiger partial charge on any atom is 0.251 e. The van der Waals surface area contributed by atoms with Crippen molar-refractivity contribution in [1.29, 1.82) is 0 Å². The van der Waals surface area contributed by atoms with Gasteiger partial charge in [0.2, 0.25) is 5.95 Å². The number of aromatic nitrogens is 2. The molecule has 0 aliphatic carbocycles. The number of hydrogen-bond donors (Lipinski definition) is 2. The van der Waals surface area contributed by atoms with Crippen molar-refractivity contribution >= 4 is 17.5 Å². The van der Waals surface area contributed by atoms with Gasteiger partial charge in [-0.25, -0.2) is 9.97 Å². The molecule has 0 radical (unpaired) electrons. The van der Waals surface area contributed by atoms with Crippen molar-refractivity contribution in [2.75, 3.05) is 25.6 Å². The van der Waals surface area contributed by atoms with Gasteiger partial charge >= 0.3 is 0 Å². The van der Waals surface area contributed by atoms with Crippen molar-refractivity contribution in [3.8, 4) is 0 Å². The Hall–Kier alpha value is -2.47. The fourth-order valence-electron chi connectivity index (χ4n) is 1.98. The molecule has 1 heterocycles. The zero-order chi connectivity index (χ0) is 15.9. The Balaban J connectivity index is 2.01. The van der Waals surface area contributed by atoms with Crippen molar-refractivity contribution in [1.82, 2.24) is 15.3 Å². The molecule has 6 heteroatoms. The molecule has 2 rings (SSSR count). The van der Waals surface area contributed by atoms with Crippen LogP contribution in [0.5, 0.6) is 0 Å². The summed E-state index contributed by atoms with van der Waals surface area (Å²) in [6.45, 7) is 4.84. The summed E-state index contributed by atoms with van der Waals surface area (Å²) in [5, 5.41) is 5.91. The highest BCUT2D eigenvalue weighted by Crippen LogP contribution is 2.14. The van der Waals surface area contributed by atoms with Gasteiger partial charge in [0, 0.05) is 36.3 Å². The number of rotatable bonds is 6. The second-order valence-electron chi connectivity index (χ2n) is 4.93. The first kappa shape index (κ1) is 15.9. The molecule has 0 aliphatic heterocycles. The van der Waals surface area contributed by atoms with Crippen molar-refractivity contribution in [2.45, 2.75) is 13.8 Å². The SMILES string of the molecule is COCCNC(=O)c1ccc(Nc2nc(C)cc(C)n2)cc1. The quantitative estimate of drug-likeness (QED) is 0.800. The van der Waals surface area contributed by atoms with Gasteiger partial charge in [0.15, 0.2) is 0 Å². The van der Waals surface area contributed by atoms with Crippen LogP contribution in [-0.2, 0) is 4.74 Å². The van der Waals surface area contributed by atoms with E-state index >= 15 is 0 Å². The number of anilines is 2. The summed E-state index contributed by atoms with van der Waals surface area (Å²) < 4.78 is 4.89. The summed E-state index contributed by atoms with van der Waals surface area (Å²) in [4.78, 5) is 20.5. The normalized spacial score (nSPS) is 10.3. The summed E-state index contributed by atoms with van der Waals surface area (Å²) in [7, 11) is 1.60. The predicted octanol–water partition coefficient (Wildman–Crippen LogP) is 2.21. The average Bonchev–Trinajstić information content (AvgIpc) is 2.47. The van der Waals surface area contributed by atoms with Gasteiger partial charge in [-0.05, 0) is 44.2 Å². The molecule has 6 nitrogen and oxygen atoms in total. The molecule has 2 N–H and O–H groups in total. The molecule has 116 valence electrons. The summed E-state index contributed by atoms with van der Waals surface area (Å²) in [6.07, 6.45) is 0. The largest absolute Gasteiger partial charge is 0.383 e. The van der Waals surface area contributed by atoms with E-state index in [0.717, 1.165) is 17.1 Å². The lowest BCUT2D eigenvalue weighted by molar-refractivity contribution is 0.0937. The molecular formula is C16H20N4O2. The predicted molar refractivity (Wildman–Crippen MR) is 85.4 cm³/mol. The van der Waals surface area contributed by atoms with E-state index in [4.69, 9.17) is 4.74 Å². The lowest BCUT2D eigenvalue weighted by Crippen LogP contribution is -2.26. The zero-order valence-corrected chi connectivity index (χ0v) is 13.0. The number of aryl methyl sites for hydroxylation is 2. The van der Waals surface area contributed by atoms with Crippen LogP contribution >= 0.6 is 0 Å². The highest BCUT2D eigenvalue weighted by atomic mass is 16.5. The Kier molecular flexibility index (Phi) is 5.43. The minimum absolute atomic E-state index is 0.119. The molecule has 0 unspecified atom stereocenters. The van der Waals surface area contributed by atoms with E-state index in [1.807, 2.05) is 32.0 Å². The van der Waals surface area contributed by atoms with E-state index in [9.17, 15) is 4.79 Å². The Bertz CT molecular complexity index is 621. The molecule has 1 aromatic heterocycles. The molecule has 22 heavy (non-hydrogen) atoms. The number of carbonyl (C=O) groups is 1. The Morgan fingerprint density at radius 1 is 1.14 bits per heavy atom. The molecule has 0 spiro atoms. The zero-order valence-electron chi connectivity index (χ0n) is 13.0. The molecular weight excluding hydrogens is 280 g/mol. The minimum Gasteiger partial charge on any atom is -0.383 e. The van der Waals surface area contributed by atoms with Crippen LogP contribution in [0.15, 0.2) is 30.3 Å². The molecule has 1 aromatic carbocycles. The molecule has 0 fully saturated rings. The van der Waals surface area contributed by atoms with Gasteiger partial charge < -0.3 is 15.4 Å². The van der Waals surface area contributed by atoms with Gasteiger partial charge in [-0.3, -0.25) is 4.79 Å². The van der Waals surface area contributed by atoms with Gasteiger partial charge in [-0.15, -0.1) is 0 Å². The van der Waals surface area contributed by atoms with E-state index in [1.54, 1.807) is 19.2 Å². The Morgan fingerprint density at radius 2 is 1.77 bits per heavy atom. The Labute approximate surface area is 129 Å². The van der Waals surface area contributed by atoms with Crippen LogP contribution in [0, 0.1) is 13.8 Å². The van der Waals surface area contributed by atoms with Gasteiger partial charge in [0.1, 0.15) is 0 Å². The van der Waals surface area contributed by atoms with Crippen LogP contribution in [0.4, 0.5) is 11.6 Å². The van der Waals surface area contributed by atoms with Crippen LogP contribution in [0.2, 0.25) is 0 Å². The average molecular weight is 300 g/mol.